The van der Waals surface area contributed by atoms with Gasteiger partial charge in [0.05, 0.1) is 16.3 Å². The lowest BCUT2D eigenvalue weighted by atomic mass is 10.1. The van der Waals surface area contributed by atoms with Crippen LogP contribution in [0.3, 0.4) is 0 Å². The van der Waals surface area contributed by atoms with Gasteiger partial charge in [-0.05, 0) is 42.5 Å². The number of hydrogen-bond acceptors (Lipinski definition) is 3. The summed E-state index contributed by atoms with van der Waals surface area (Å²) in [4.78, 5) is -0.319. The van der Waals surface area contributed by atoms with Gasteiger partial charge in [0, 0.05) is 5.56 Å². The smallest absolute Gasteiger partial charge is 0.232 e. The maximum absolute atomic E-state index is 14.1. The van der Waals surface area contributed by atoms with Crippen molar-refractivity contribution in [1.82, 2.24) is 9.78 Å². The standard InChI is InChI=1S/C16H9F6N3O2S/c17-11-6-5-10(14(18)15(11)19)12-7-13(16(20,21)22)24-25(12)8-1-3-9(4-2-8)28(23,26)27/h1-7H,(H2,23,26,27). The Morgan fingerprint density at radius 2 is 1.54 bits per heavy atom. The van der Waals surface area contributed by atoms with E-state index in [0.29, 0.717) is 16.8 Å². The first-order valence-electron chi connectivity index (χ1n) is 7.34. The van der Waals surface area contributed by atoms with E-state index in [9.17, 15) is 34.8 Å². The summed E-state index contributed by atoms with van der Waals surface area (Å²) < 4.78 is 103. The molecule has 0 radical (unpaired) electrons. The number of hydrogen-bond donors (Lipinski definition) is 1. The molecule has 0 unspecified atom stereocenters. The molecule has 0 saturated carbocycles. The molecule has 0 spiro atoms. The lowest BCUT2D eigenvalue weighted by molar-refractivity contribution is -0.141. The second kappa shape index (κ2) is 6.63. The highest BCUT2D eigenvalue weighted by Gasteiger charge is 2.36. The van der Waals surface area contributed by atoms with Gasteiger partial charge in [-0.25, -0.2) is 31.4 Å². The van der Waals surface area contributed by atoms with E-state index in [1.165, 1.54) is 0 Å². The molecule has 3 aromatic rings. The average Bonchev–Trinajstić information content (AvgIpc) is 3.04. The minimum atomic E-state index is -4.91. The molecular formula is C16H9F6N3O2S. The van der Waals surface area contributed by atoms with Crippen LogP contribution < -0.4 is 5.14 Å². The molecule has 0 saturated heterocycles. The van der Waals surface area contributed by atoms with Crippen LogP contribution >= 0.6 is 0 Å². The van der Waals surface area contributed by atoms with E-state index in [4.69, 9.17) is 5.14 Å². The highest BCUT2D eigenvalue weighted by atomic mass is 32.2. The predicted octanol–water partition coefficient (Wildman–Crippen LogP) is 3.62. The van der Waals surface area contributed by atoms with Crippen LogP contribution in [0.5, 0.6) is 0 Å². The van der Waals surface area contributed by atoms with Gasteiger partial charge in [-0.1, -0.05) is 0 Å². The van der Waals surface area contributed by atoms with Crippen molar-refractivity contribution in [2.75, 3.05) is 0 Å². The zero-order valence-corrected chi connectivity index (χ0v) is 14.3. The van der Waals surface area contributed by atoms with Crippen LogP contribution in [0.1, 0.15) is 5.69 Å². The van der Waals surface area contributed by atoms with E-state index < -0.39 is 50.6 Å². The summed E-state index contributed by atoms with van der Waals surface area (Å²) in [5, 5.41) is 8.29. The average molecular weight is 421 g/mol. The van der Waals surface area contributed by atoms with Gasteiger partial charge in [-0.2, -0.15) is 18.3 Å². The zero-order valence-electron chi connectivity index (χ0n) is 13.5. The largest absolute Gasteiger partial charge is 0.435 e. The molecular weight excluding hydrogens is 412 g/mol. The second-order valence-corrected chi connectivity index (χ2v) is 7.15. The normalized spacial score (nSPS) is 12.4. The van der Waals surface area contributed by atoms with E-state index in [1.54, 1.807) is 0 Å². The fourth-order valence-corrected chi connectivity index (χ4v) is 2.92. The Bertz CT molecular complexity index is 1150. The van der Waals surface area contributed by atoms with Gasteiger partial charge >= 0.3 is 6.18 Å². The minimum absolute atomic E-state index is 0.0953. The number of benzene rings is 2. The molecule has 0 aliphatic heterocycles. The van der Waals surface area contributed by atoms with Crippen molar-refractivity contribution in [3.05, 3.63) is 65.6 Å². The molecule has 2 N–H and O–H groups in total. The van der Waals surface area contributed by atoms with Crippen LogP contribution in [0, 0.1) is 17.5 Å². The zero-order chi connectivity index (χ0) is 20.9. The number of nitrogens with zero attached hydrogens (tertiary/aromatic N) is 2. The van der Waals surface area contributed by atoms with Crippen LogP contribution in [-0.2, 0) is 16.2 Å². The quantitative estimate of drug-likeness (QED) is 0.518. The molecule has 5 nitrogen and oxygen atoms in total. The monoisotopic (exact) mass is 421 g/mol. The maximum atomic E-state index is 14.1. The van der Waals surface area contributed by atoms with E-state index in [2.05, 4.69) is 5.10 Å². The van der Waals surface area contributed by atoms with Crippen molar-refractivity contribution in [3.8, 4) is 16.9 Å². The topological polar surface area (TPSA) is 78.0 Å². The lowest BCUT2D eigenvalue weighted by Crippen LogP contribution is -2.12. The second-order valence-electron chi connectivity index (χ2n) is 5.59. The van der Waals surface area contributed by atoms with E-state index in [1.807, 2.05) is 0 Å². The third-order valence-corrected chi connectivity index (χ3v) is 4.65. The first kappa shape index (κ1) is 19.9. The number of halogens is 6. The summed E-state index contributed by atoms with van der Waals surface area (Å²) in [7, 11) is -4.06. The summed E-state index contributed by atoms with van der Waals surface area (Å²) in [6.07, 6.45) is -4.91. The number of primary sulfonamides is 1. The lowest BCUT2D eigenvalue weighted by Gasteiger charge is -2.10. The molecule has 0 bridgehead atoms. The van der Waals surface area contributed by atoms with Crippen LogP contribution in [0.4, 0.5) is 26.3 Å². The van der Waals surface area contributed by atoms with Crippen LogP contribution in [0.2, 0.25) is 0 Å². The van der Waals surface area contributed by atoms with Crippen LogP contribution in [0.15, 0.2) is 47.4 Å². The van der Waals surface area contributed by atoms with Crippen molar-refractivity contribution < 1.29 is 34.8 Å². The summed E-state index contributed by atoms with van der Waals surface area (Å²) in [5.41, 5.74) is -2.70. The predicted molar refractivity (Wildman–Crippen MR) is 85.2 cm³/mol. The number of rotatable bonds is 3. The Morgan fingerprint density at radius 1 is 0.929 bits per heavy atom. The van der Waals surface area contributed by atoms with E-state index in [-0.39, 0.29) is 10.6 Å². The summed E-state index contributed by atoms with van der Waals surface area (Å²) in [6.45, 7) is 0. The Morgan fingerprint density at radius 3 is 2.07 bits per heavy atom. The third kappa shape index (κ3) is 3.60. The van der Waals surface area contributed by atoms with Gasteiger partial charge in [0.1, 0.15) is 0 Å². The fraction of sp³-hybridized carbons (Fsp3) is 0.0625. The highest BCUT2D eigenvalue weighted by Crippen LogP contribution is 2.35. The molecule has 0 atom stereocenters. The molecule has 2 aromatic carbocycles. The molecule has 0 fully saturated rings. The molecule has 28 heavy (non-hydrogen) atoms. The van der Waals surface area contributed by atoms with E-state index >= 15 is 0 Å². The SMILES string of the molecule is NS(=O)(=O)c1ccc(-n2nc(C(F)(F)F)cc2-c2ccc(F)c(F)c2F)cc1. The molecule has 1 heterocycles. The Balaban J connectivity index is 2.24. The third-order valence-electron chi connectivity index (χ3n) is 3.72. The molecule has 0 amide bonds. The van der Waals surface area contributed by atoms with Gasteiger partial charge in [0.2, 0.25) is 10.0 Å². The highest BCUT2D eigenvalue weighted by molar-refractivity contribution is 7.89. The summed E-state index contributed by atoms with van der Waals surface area (Å²) in [6, 6.07) is 5.95. The van der Waals surface area contributed by atoms with Crippen molar-refractivity contribution >= 4 is 10.0 Å². The number of sulfonamides is 1. The van der Waals surface area contributed by atoms with Gasteiger partial charge < -0.3 is 0 Å². The number of nitrogens with two attached hydrogens (primary N) is 1. The van der Waals surface area contributed by atoms with Crippen molar-refractivity contribution in [2.45, 2.75) is 11.1 Å². The van der Waals surface area contributed by atoms with Crippen molar-refractivity contribution in [1.29, 1.82) is 0 Å². The van der Waals surface area contributed by atoms with Gasteiger partial charge in [-0.3, -0.25) is 0 Å². The molecule has 12 heteroatoms. The van der Waals surface area contributed by atoms with Gasteiger partial charge in [-0.15, -0.1) is 0 Å². The molecule has 3 rings (SSSR count). The molecule has 0 aliphatic carbocycles. The van der Waals surface area contributed by atoms with Crippen LogP contribution in [0.25, 0.3) is 16.9 Å². The molecule has 148 valence electrons. The Kier molecular flexibility index (Phi) is 4.71. The van der Waals surface area contributed by atoms with E-state index in [0.717, 1.165) is 30.3 Å². The first-order chi connectivity index (χ1) is 12.9. The van der Waals surface area contributed by atoms with Crippen LogP contribution in [-0.4, -0.2) is 18.2 Å². The number of alkyl halides is 3. The molecule has 1 aromatic heterocycles. The molecule has 0 aliphatic rings. The Labute approximate surface area is 154 Å². The van der Waals surface area contributed by atoms with Crippen molar-refractivity contribution in [2.24, 2.45) is 5.14 Å². The minimum Gasteiger partial charge on any atom is -0.232 e. The van der Waals surface area contributed by atoms with Gasteiger partial charge in [0.15, 0.2) is 23.1 Å². The van der Waals surface area contributed by atoms with Gasteiger partial charge in [0.25, 0.3) is 0 Å². The maximum Gasteiger partial charge on any atom is 0.435 e. The summed E-state index contributed by atoms with van der Waals surface area (Å²) >= 11 is 0. The van der Waals surface area contributed by atoms with Crippen molar-refractivity contribution in [3.63, 3.8) is 0 Å². The summed E-state index contributed by atoms with van der Waals surface area (Å²) in [5.74, 6) is -5.07. The number of aromatic nitrogens is 2. The Hall–Kier alpha value is -2.86. The fourth-order valence-electron chi connectivity index (χ4n) is 2.41. The first-order valence-corrected chi connectivity index (χ1v) is 8.88.